The molecule has 0 spiro atoms. The molecule has 0 saturated heterocycles. The molecule has 0 aromatic carbocycles. The highest BCUT2D eigenvalue weighted by Crippen LogP contribution is 1.98. The molecule has 0 aromatic rings. The van der Waals surface area contributed by atoms with Crippen molar-refractivity contribution in [1.82, 2.24) is 5.32 Å². The fraction of sp³-hybridized carbons (Fsp3) is 0.889. The van der Waals surface area contributed by atoms with Gasteiger partial charge >= 0.3 is 0 Å². The smallest absolute Gasteiger partial charge is 0.235 e. The van der Waals surface area contributed by atoms with E-state index in [1.807, 2.05) is 27.7 Å². The molecular formula is C18H36ClNO6. The molecule has 1 N–H and O–H groups in total. The van der Waals surface area contributed by atoms with Crippen molar-refractivity contribution in [1.29, 1.82) is 0 Å². The van der Waals surface area contributed by atoms with Gasteiger partial charge in [-0.1, -0.05) is 27.7 Å². The molecule has 26 heavy (non-hydrogen) atoms. The van der Waals surface area contributed by atoms with Gasteiger partial charge in [0.15, 0.2) is 0 Å². The molecule has 0 aliphatic carbocycles. The summed E-state index contributed by atoms with van der Waals surface area (Å²) in [4.78, 5) is 22.2. The Morgan fingerprint density at radius 1 is 0.808 bits per heavy atom. The number of amides is 1. The summed E-state index contributed by atoms with van der Waals surface area (Å²) in [5.41, 5.74) is 0. The van der Waals surface area contributed by atoms with Crippen molar-refractivity contribution in [2.45, 2.75) is 34.1 Å². The van der Waals surface area contributed by atoms with Gasteiger partial charge in [-0.3, -0.25) is 9.59 Å². The topological polar surface area (TPSA) is 83.1 Å². The van der Waals surface area contributed by atoms with Gasteiger partial charge < -0.3 is 24.3 Å². The van der Waals surface area contributed by atoms with E-state index in [4.69, 9.17) is 30.5 Å². The van der Waals surface area contributed by atoms with Gasteiger partial charge in [0, 0.05) is 18.9 Å². The molecule has 0 aromatic heterocycles. The van der Waals surface area contributed by atoms with Crippen LogP contribution in [0, 0.1) is 5.92 Å². The van der Waals surface area contributed by atoms with Crippen molar-refractivity contribution in [2.75, 3.05) is 65.3 Å². The van der Waals surface area contributed by atoms with E-state index >= 15 is 0 Å². The van der Waals surface area contributed by atoms with E-state index in [9.17, 15) is 9.59 Å². The van der Waals surface area contributed by atoms with Crippen molar-refractivity contribution < 1.29 is 28.5 Å². The molecule has 0 aliphatic rings. The van der Waals surface area contributed by atoms with Gasteiger partial charge in [-0.15, -0.1) is 11.6 Å². The molecule has 7 nitrogen and oxygen atoms in total. The van der Waals surface area contributed by atoms with Crippen LogP contribution in [-0.2, 0) is 28.5 Å². The molecule has 0 heterocycles. The zero-order valence-corrected chi connectivity index (χ0v) is 17.4. The van der Waals surface area contributed by atoms with Crippen LogP contribution in [0.2, 0.25) is 0 Å². The van der Waals surface area contributed by atoms with Crippen LogP contribution in [-0.4, -0.2) is 77.0 Å². The van der Waals surface area contributed by atoms with E-state index in [0.29, 0.717) is 65.8 Å². The summed E-state index contributed by atoms with van der Waals surface area (Å²) in [6.07, 6.45) is 0.455. The Morgan fingerprint density at radius 2 is 1.23 bits per heavy atom. The van der Waals surface area contributed by atoms with E-state index in [1.165, 1.54) is 0 Å². The highest BCUT2D eigenvalue weighted by atomic mass is 35.5. The lowest BCUT2D eigenvalue weighted by atomic mass is 10.1. The normalized spacial score (nSPS) is 10.4. The number of halogens is 1. The summed E-state index contributed by atoms with van der Waals surface area (Å²) in [6, 6.07) is 0. The number of carbonyl (C=O) groups excluding carboxylic acids is 2. The fourth-order valence-electron chi connectivity index (χ4n) is 1.53. The maximum absolute atomic E-state index is 11.3. The molecule has 0 bridgehead atoms. The average molecular weight is 398 g/mol. The molecule has 0 unspecified atom stereocenters. The third-order valence-corrected chi connectivity index (χ3v) is 3.19. The van der Waals surface area contributed by atoms with Crippen LogP contribution in [0.15, 0.2) is 0 Å². The number of ketones is 1. The second-order valence-electron chi connectivity index (χ2n) is 5.30. The largest absolute Gasteiger partial charge is 0.379 e. The van der Waals surface area contributed by atoms with E-state index in [0.717, 1.165) is 0 Å². The lowest BCUT2D eigenvalue weighted by Gasteiger charge is -2.08. The van der Waals surface area contributed by atoms with Gasteiger partial charge in [0.1, 0.15) is 11.7 Å². The number of Topliss-reactive ketones (excluding diaryl/α,β-unsaturated/α-hetero) is 1. The number of carbonyl (C=O) groups is 2. The number of nitrogens with one attached hydrogen (secondary N) is 1. The standard InChI is InChI=1S/C16H30ClNO6.C2H6/c1-14(2)15(19)3-5-21-7-9-23-11-12-24-10-8-22-6-4-18-16(20)13-17;1-2/h14H,3-13H2,1-2H3,(H,18,20);1-2H3. The molecule has 0 saturated carbocycles. The molecule has 0 atom stereocenters. The Labute approximate surface area is 163 Å². The minimum Gasteiger partial charge on any atom is -0.379 e. The third-order valence-electron chi connectivity index (χ3n) is 2.94. The van der Waals surface area contributed by atoms with Crippen molar-refractivity contribution in [3.63, 3.8) is 0 Å². The maximum Gasteiger partial charge on any atom is 0.235 e. The van der Waals surface area contributed by atoms with Crippen LogP contribution < -0.4 is 5.32 Å². The Morgan fingerprint density at radius 3 is 1.65 bits per heavy atom. The van der Waals surface area contributed by atoms with E-state index in [2.05, 4.69) is 5.32 Å². The lowest BCUT2D eigenvalue weighted by molar-refractivity contribution is -0.123. The quantitative estimate of drug-likeness (QED) is 0.299. The molecule has 0 rings (SSSR count). The number of hydrogen-bond donors (Lipinski definition) is 1. The van der Waals surface area contributed by atoms with Crippen LogP contribution in [0.1, 0.15) is 34.1 Å². The van der Waals surface area contributed by atoms with Gasteiger partial charge in [-0.2, -0.15) is 0 Å². The monoisotopic (exact) mass is 397 g/mol. The second kappa shape index (κ2) is 22.3. The Bertz CT molecular complexity index is 329. The molecule has 1 amide bonds. The molecule has 8 heteroatoms. The predicted molar refractivity (Wildman–Crippen MR) is 103 cm³/mol. The maximum atomic E-state index is 11.3. The number of ether oxygens (including phenoxy) is 4. The van der Waals surface area contributed by atoms with Crippen LogP contribution in [0.4, 0.5) is 0 Å². The molecule has 156 valence electrons. The highest BCUT2D eigenvalue weighted by molar-refractivity contribution is 6.27. The summed E-state index contributed by atoms with van der Waals surface area (Å²) >= 11 is 5.33. The summed E-state index contributed by atoms with van der Waals surface area (Å²) in [7, 11) is 0. The summed E-state index contributed by atoms with van der Waals surface area (Å²) in [5, 5.41) is 2.60. The first-order chi connectivity index (χ1) is 12.6. The van der Waals surface area contributed by atoms with Gasteiger partial charge in [-0.25, -0.2) is 0 Å². The SMILES string of the molecule is CC.CC(C)C(=O)CCOCCOCCOCCOCCNC(=O)CCl. The lowest BCUT2D eigenvalue weighted by Crippen LogP contribution is -2.28. The zero-order valence-electron chi connectivity index (χ0n) is 16.7. The first-order valence-electron chi connectivity index (χ1n) is 9.24. The van der Waals surface area contributed by atoms with E-state index < -0.39 is 0 Å². The Kier molecular flexibility index (Phi) is 23.6. The third kappa shape index (κ3) is 21.3. The minimum atomic E-state index is -0.204. The van der Waals surface area contributed by atoms with Crippen LogP contribution >= 0.6 is 11.6 Å². The van der Waals surface area contributed by atoms with Crippen molar-refractivity contribution in [3.05, 3.63) is 0 Å². The first kappa shape index (κ1) is 27.5. The van der Waals surface area contributed by atoms with Crippen molar-refractivity contribution >= 4 is 23.3 Å². The summed E-state index contributed by atoms with van der Waals surface area (Å²) in [5.74, 6) is 0.0389. The highest BCUT2D eigenvalue weighted by Gasteiger charge is 2.05. The van der Waals surface area contributed by atoms with Gasteiger partial charge in [0.05, 0.1) is 52.9 Å². The number of hydrogen-bond acceptors (Lipinski definition) is 6. The fourth-order valence-corrected chi connectivity index (χ4v) is 1.63. The van der Waals surface area contributed by atoms with Gasteiger partial charge in [-0.05, 0) is 0 Å². The van der Waals surface area contributed by atoms with Crippen LogP contribution in [0.3, 0.4) is 0 Å². The predicted octanol–water partition coefficient (Wildman–Crippen LogP) is 2.05. The van der Waals surface area contributed by atoms with Crippen LogP contribution in [0.25, 0.3) is 0 Å². The molecule has 0 aliphatic heterocycles. The average Bonchev–Trinajstić information content (AvgIpc) is 2.65. The zero-order chi connectivity index (χ0) is 20.0. The van der Waals surface area contributed by atoms with Crippen molar-refractivity contribution in [3.8, 4) is 0 Å². The summed E-state index contributed by atoms with van der Waals surface area (Å²) in [6.45, 7) is 11.9. The number of rotatable bonds is 17. The van der Waals surface area contributed by atoms with Gasteiger partial charge in [0.2, 0.25) is 5.91 Å². The molecular weight excluding hydrogens is 362 g/mol. The summed E-state index contributed by atoms with van der Waals surface area (Å²) < 4.78 is 21.2. The molecule has 0 radical (unpaired) electrons. The van der Waals surface area contributed by atoms with Crippen LogP contribution in [0.5, 0.6) is 0 Å². The minimum absolute atomic E-state index is 0.0375. The van der Waals surface area contributed by atoms with E-state index in [-0.39, 0.29) is 23.5 Å². The van der Waals surface area contributed by atoms with E-state index in [1.54, 1.807) is 0 Å². The Balaban J connectivity index is 0. The number of alkyl halides is 1. The molecule has 0 fully saturated rings. The van der Waals surface area contributed by atoms with Gasteiger partial charge in [0.25, 0.3) is 0 Å². The Hall–Kier alpha value is -0.730. The van der Waals surface area contributed by atoms with Crippen molar-refractivity contribution in [2.24, 2.45) is 5.92 Å². The first-order valence-corrected chi connectivity index (χ1v) is 9.77. The second-order valence-corrected chi connectivity index (χ2v) is 5.57.